The maximum absolute atomic E-state index is 12.8. The number of anilines is 1. The Bertz CT molecular complexity index is 1040. The van der Waals surface area contributed by atoms with Crippen LogP contribution in [0.4, 0.5) is 5.13 Å². The molecule has 2 aliphatic rings. The van der Waals surface area contributed by atoms with Crippen molar-refractivity contribution in [3.05, 3.63) is 40.7 Å². The first-order chi connectivity index (χ1) is 14.2. The number of ether oxygens (including phenoxy) is 1. The zero-order chi connectivity index (χ0) is 19.8. The molecular weight excluding hydrogens is 396 g/mol. The molecule has 5 rings (SSSR count). The quantitative estimate of drug-likeness (QED) is 0.699. The second kappa shape index (κ2) is 7.45. The van der Waals surface area contributed by atoms with E-state index in [1.54, 1.807) is 23.1 Å². The molecule has 0 saturated carbocycles. The molecular formula is C19H18N4O5S. The van der Waals surface area contributed by atoms with E-state index >= 15 is 0 Å². The van der Waals surface area contributed by atoms with E-state index in [0.29, 0.717) is 42.8 Å². The molecule has 0 aromatic carbocycles. The summed E-state index contributed by atoms with van der Waals surface area (Å²) in [6.45, 7) is 1.56. The van der Waals surface area contributed by atoms with Gasteiger partial charge in [-0.25, -0.2) is 4.98 Å². The highest BCUT2D eigenvalue weighted by Gasteiger charge is 2.29. The number of amides is 2. The standard InChI is InChI=1S/C19H18N4O5S/c24-17(14-4-2-8-27-14)21-19-20-11-5-6-23(10-16(11)29-19)18(25)12-9-15(28-22-12)13-3-1-7-26-13/h1,3,7,9,14H,2,4-6,8,10H2,(H,20,21,24). The summed E-state index contributed by atoms with van der Waals surface area (Å²) in [5, 5.41) is 7.27. The lowest BCUT2D eigenvalue weighted by Crippen LogP contribution is -2.35. The first kappa shape index (κ1) is 18.1. The van der Waals surface area contributed by atoms with Gasteiger partial charge in [0, 0.05) is 30.5 Å². The highest BCUT2D eigenvalue weighted by atomic mass is 32.1. The minimum Gasteiger partial charge on any atom is -0.461 e. The van der Waals surface area contributed by atoms with Gasteiger partial charge in [0.15, 0.2) is 16.6 Å². The van der Waals surface area contributed by atoms with Gasteiger partial charge >= 0.3 is 0 Å². The van der Waals surface area contributed by atoms with E-state index in [-0.39, 0.29) is 17.5 Å². The second-order valence-electron chi connectivity index (χ2n) is 6.91. The zero-order valence-electron chi connectivity index (χ0n) is 15.4. The number of aromatic nitrogens is 2. The summed E-state index contributed by atoms with van der Waals surface area (Å²) < 4.78 is 15.9. The van der Waals surface area contributed by atoms with Crippen molar-refractivity contribution in [2.45, 2.75) is 31.9 Å². The van der Waals surface area contributed by atoms with Crippen LogP contribution in [0, 0.1) is 0 Å². The number of nitrogens with one attached hydrogen (secondary N) is 1. The van der Waals surface area contributed by atoms with E-state index in [9.17, 15) is 9.59 Å². The van der Waals surface area contributed by atoms with Crippen LogP contribution in [0.5, 0.6) is 0 Å². The third-order valence-corrected chi connectivity index (χ3v) is 5.96. The van der Waals surface area contributed by atoms with Gasteiger partial charge in [-0.1, -0.05) is 16.5 Å². The Morgan fingerprint density at radius 3 is 3.03 bits per heavy atom. The van der Waals surface area contributed by atoms with E-state index in [4.69, 9.17) is 13.7 Å². The van der Waals surface area contributed by atoms with Gasteiger partial charge in [-0.05, 0) is 25.0 Å². The van der Waals surface area contributed by atoms with Crippen LogP contribution in [0.15, 0.2) is 33.4 Å². The summed E-state index contributed by atoms with van der Waals surface area (Å²) >= 11 is 1.39. The number of hydrogen-bond donors (Lipinski definition) is 1. The number of fused-ring (bicyclic) bond motifs is 1. The average molecular weight is 414 g/mol. The topological polar surface area (TPSA) is 111 Å². The molecule has 3 aromatic heterocycles. The Balaban J connectivity index is 1.26. The molecule has 9 nitrogen and oxygen atoms in total. The molecule has 2 aliphatic heterocycles. The van der Waals surface area contributed by atoms with Crippen molar-refractivity contribution in [1.29, 1.82) is 0 Å². The van der Waals surface area contributed by atoms with Crippen LogP contribution in [0.1, 0.15) is 33.9 Å². The normalized spacial score (nSPS) is 18.6. The second-order valence-corrected chi connectivity index (χ2v) is 7.99. The fourth-order valence-electron chi connectivity index (χ4n) is 3.47. The maximum atomic E-state index is 12.8. The molecule has 0 spiro atoms. The summed E-state index contributed by atoms with van der Waals surface area (Å²) in [4.78, 5) is 32.2. The predicted octanol–water partition coefficient (Wildman–Crippen LogP) is 2.71. The van der Waals surface area contributed by atoms with Crippen LogP contribution in [-0.4, -0.2) is 46.1 Å². The lowest BCUT2D eigenvalue weighted by molar-refractivity contribution is -0.124. The average Bonchev–Trinajstić information content (AvgIpc) is 3.53. The summed E-state index contributed by atoms with van der Waals surface area (Å²) in [5.41, 5.74) is 1.15. The Hall–Kier alpha value is -2.98. The lowest BCUT2D eigenvalue weighted by Gasteiger charge is -2.25. The molecule has 0 radical (unpaired) electrons. The molecule has 29 heavy (non-hydrogen) atoms. The van der Waals surface area contributed by atoms with Crippen molar-refractivity contribution >= 4 is 28.3 Å². The van der Waals surface area contributed by atoms with Crippen molar-refractivity contribution in [1.82, 2.24) is 15.0 Å². The van der Waals surface area contributed by atoms with Gasteiger partial charge in [0.2, 0.25) is 5.76 Å². The predicted molar refractivity (Wildman–Crippen MR) is 102 cm³/mol. The SMILES string of the molecule is O=C(Nc1nc2c(s1)CN(C(=O)c1cc(-c3ccco3)on1)CC2)C1CCCO1. The monoisotopic (exact) mass is 414 g/mol. The van der Waals surface area contributed by atoms with Crippen LogP contribution in [-0.2, 0) is 22.5 Å². The smallest absolute Gasteiger partial charge is 0.276 e. The summed E-state index contributed by atoms with van der Waals surface area (Å²) in [7, 11) is 0. The van der Waals surface area contributed by atoms with Crippen molar-refractivity contribution in [3.63, 3.8) is 0 Å². The van der Waals surface area contributed by atoms with Crippen LogP contribution in [0.25, 0.3) is 11.5 Å². The van der Waals surface area contributed by atoms with Gasteiger partial charge in [-0.2, -0.15) is 0 Å². The van der Waals surface area contributed by atoms with Gasteiger partial charge in [0.1, 0.15) is 6.10 Å². The molecule has 3 aromatic rings. The first-order valence-corrected chi connectivity index (χ1v) is 10.2. The number of rotatable bonds is 4. The maximum Gasteiger partial charge on any atom is 0.276 e. The molecule has 1 N–H and O–H groups in total. The molecule has 0 bridgehead atoms. The van der Waals surface area contributed by atoms with Gasteiger partial charge in [-0.15, -0.1) is 0 Å². The van der Waals surface area contributed by atoms with Gasteiger partial charge in [0.05, 0.1) is 18.5 Å². The number of carbonyl (C=O) groups excluding carboxylic acids is 2. The van der Waals surface area contributed by atoms with E-state index in [0.717, 1.165) is 23.4 Å². The van der Waals surface area contributed by atoms with Crippen molar-refractivity contribution in [2.24, 2.45) is 0 Å². The highest BCUT2D eigenvalue weighted by Crippen LogP contribution is 2.30. The van der Waals surface area contributed by atoms with E-state index in [1.165, 1.54) is 17.6 Å². The van der Waals surface area contributed by atoms with E-state index in [2.05, 4.69) is 15.5 Å². The summed E-state index contributed by atoms with van der Waals surface area (Å²) in [5.74, 6) is 0.560. The first-order valence-electron chi connectivity index (χ1n) is 9.38. The third kappa shape index (κ3) is 3.56. The minimum absolute atomic E-state index is 0.158. The third-order valence-electron chi connectivity index (χ3n) is 4.96. The van der Waals surface area contributed by atoms with Gasteiger partial charge < -0.3 is 18.6 Å². The number of thiazole rings is 1. The Kier molecular flexibility index (Phi) is 4.64. The molecule has 150 valence electrons. The van der Waals surface area contributed by atoms with Crippen LogP contribution >= 0.6 is 11.3 Å². The number of nitrogens with zero attached hydrogens (tertiary/aromatic N) is 3. The molecule has 1 fully saturated rings. The van der Waals surface area contributed by atoms with E-state index in [1.807, 2.05) is 0 Å². The minimum atomic E-state index is -0.399. The van der Waals surface area contributed by atoms with Gasteiger partial charge in [-0.3, -0.25) is 14.9 Å². The summed E-state index contributed by atoms with van der Waals surface area (Å²) in [6.07, 6.45) is 3.38. The van der Waals surface area contributed by atoms with Crippen molar-refractivity contribution in [3.8, 4) is 11.5 Å². The molecule has 0 aliphatic carbocycles. The van der Waals surface area contributed by atoms with Gasteiger partial charge in [0.25, 0.3) is 11.8 Å². The Labute approximate surface area is 169 Å². The fourth-order valence-corrected chi connectivity index (χ4v) is 4.49. The molecule has 5 heterocycles. The zero-order valence-corrected chi connectivity index (χ0v) is 16.2. The fraction of sp³-hybridized carbons (Fsp3) is 0.368. The van der Waals surface area contributed by atoms with E-state index < -0.39 is 6.10 Å². The lowest BCUT2D eigenvalue weighted by atomic mass is 10.1. The molecule has 2 amide bonds. The molecule has 10 heteroatoms. The Morgan fingerprint density at radius 1 is 1.31 bits per heavy atom. The van der Waals surface area contributed by atoms with Crippen LogP contribution in [0.2, 0.25) is 0 Å². The largest absolute Gasteiger partial charge is 0.461 e. The summed E-state index contributed by atoms with van der Waals surface area (Å²) in [6, 6.07) is 5.06. The van der Waals surface area contributed by atoms with Crippen molar-refractivity contribution in [2.75, 3.05) is 18.5 Å². The molecule has 1 saturated heterocycles. The highest BCUT2D eigenvalue weighted by molar-refractivity contribution is 7.15. The molecule has 1 unspecified atom stereocenters. The number of hydrogen-bond acceptors (Lipinski definition) is 8. The van der Waals surface area contributed by atoms with Crippen molar-refractivity contribution < 1.29 is 23.3 Å². The van der Waals surface area contributed by atoms with Crippen LogP contribution in [0.3, 0.4) is 0 Å². The Morgan fingerprint density at radius 2 is 2.24 bits per heavy atom. The van der Waals surface area contributed by atoms with Crippen LogP contribution < -0.4 is 5.32 Å². The number of furan rings is 1. The number of carbonyl (C=O) groups is 2. The molecule has 1 atom stereocenters.